The zero-order valence-corrected chi connectivity index (χ0v) is 23.3. The molecule has 2 saturated heterocycles. The van der Waals surface area contributed by atoms with Crippen LogP contribution in [-0.4, -0.2) is 45.8 Å². The Morgan fingerprint density at radius 3 is 2.38 bits per heavy atom. The molecule has 0 spiro atoms. The number of oxazole rings is 1. The van der Waals surface area contributed by atoms with Gasteiger partial charge < -0.3 is 23.9 Å². The number of nitrogens with zero attached hydrogens (tertiary/aromatic N) is 4. The SMILES string of the molecule is C[C@@H]1CCC[C@H](C)N1c1nc2ccc(-n3cc(C(=O)O)c(=O)cc3-c3ccc(N4CCCC4)c(C(F)(F)F)c3)cc2o1. The molecular weight excluding hydrogens is 549 g/mol. The topological polar surface area (TPSA) is 91.8 Å². The van der Waals surface area contributed by atoms with Crippen LogP contribution in [0.25, 0.3) is 28.0 Å². The molecule has 2 atom stereocenters. The highest BCUT2D eigenvalue weighted by atomic mass is 19.4. The fourth-order valence-corrected chi connectivity index (χ4v) is 6.25. The van der Waals surface area contributed by atoms with E-state index in [4.69, 9.17) is 4.42 Å². The van der Waals surface area contributed by atoms with Crippen LogP contribution < -0.4 is 15.2 Å². The van der Waals surface area contributed by atoms with Crippen LogP contribution in [0.5, 0.6) is 0 Å². The Balaban J connectivity index is 1.49. The molecule has 0 unspecified atom stereocenters. The van der Waals surface area contributed by atoms with Crippen molar-refractivity contribution in [1.29, 1.82) is 0 Å². The minimum atomic E-state index is -4.63. The van der Waals surface area contributed by atoms with Gasteiger partial charge in [-0.15, -0.1) is 0 Å². The molecule has 2 fully saturated rings. The molecule has 4 aromatic rings. The number of aromatic carboxylic acids is 1. The van der Waals surface area contributed by atoms with Crippen molar-refractivity contribution in [2.24, 2.45) is 0 Å². The Morgan fingerprint density at radius 1 is 1.00 bits per heavy atom. The van der Waals surface area contributed by atoms with Crippen LogP contribution in [0.3, 0.4) is 0 Å². The number of alkyl halides is 3. The van der Waals surface area contributed by atoms with E-state index < -0.39 is 28.7 Å². The molecule has 2 aromatic heterocycles. The highest BCUT2D eigenvalue weighted by molar-refractivity contribution is 5.88. The van der Waals surface area contributed by atoms with Crippen molar-refractivity contribution in [2.45, 2.75) is 64.2 Å². The summed E-state index contributed by atoms with van der Waals surface area (Å²) in [5, 5.41) is 9.67. The molecule has 0 saturated carbocycles. The largest absolute Gasteiger partial charge is 0.477 e. The first kappa shape index (κ1) is 27.9. The van der Waals surface area contributed by atoms with Crippen molar-refractivity contribution < 1.29 is 27.5 Å². The summed E-state index contributed by atoms with van der Waals surface area (Å²) in [6.07, 6.45) is 1.31. The first-order valence-electron chi connectivity index (χ1n) is 14.2. The van der Waals surface area contributed by atoms with Crippen LogP contribution in [-0.2, 0) is 6.18 Å². The van der Waals surface area contributed by atoms with Crippen LogP contribution in [0.1, 0.15) is 61.9 Å². The zero-order chi connectivity index (χ0) is 29.8. The third-order valence-corrected chi connectivity index (χ3v) is 8.38. The molecule has 4 heterocycles. The summed E-state index contributed by atoms with van der Waals surface area (Å²) in [5.41, 5.74) is -0.308. The average molecular weight is 581 g/mol. The molecule has 11 heteroatoms. The van der Waals surface area contributed by atoms with Gasteiger partial charge in [0.25, 0.3) is 6.01 Å². The van der Waals surface area contributed by atoms with Crippen molar-refractivity contribution in [2.75, 3.05) is 22.9 Å². The first-order chi connectivity index (χ1) is 20.0. The van der Waals surface area contributed by atoms with Gasteiger partial charge in [-0.1, -0.05) is 6.07 Å². The zero-order valence-electron chi connectivity index (χ0n) is 23.3. The van der Waals surface area contributed by atoms with Crippen LogP contribution in [0.4, 0.5) is 24.9 Å². The second kappa shape index (κ2) is 10.5. The summed E-state index contributed by atoms with van der Waals surface area (Å²) in [7, 11) is 0. The molecule has 0 aliphatic carbocycles. The van der Waals surface area contributed by atoms with Crippen molar-refractivity contribution in [3.8, 4) is 16.9 Å². The van der Waals surface area contributed by atoms with Gasteiger partial charge in [-0.2, -0.15) is 18.2 Å². The monoisotopic (exact) mass is 580 g/mol. The number of aromatic nitrogens is 2. The lowest BCUT2D eigenvalue weighted by atomic mass is 9.98. The maximum atomic E-state index is 14.3. The summed E-state index contributed by atoms with van der Waals surface area (Å²) >= 11 is 0. The molecule has 0 bridgehead atoms. The van der Waals surface area contributed by atoms with Gasteiger partial charge in [0.1, 0.15) is 11.1 Å². The van der Waals surface area contributed by atoms with E-state index in [1.54, 1.807) is 29.2 Å². The van der Waals surface area contributed by atoms with Crippen LogP contribution >= 0.6 is 0 Å². The second-order valence-electron chi connectivity index (χ2n) is 11.2. The molecule has 2 aromatic carbocycles. The minimum absolute atomic E-state index is 0.0941. The molecule has 6 rings (SSSR count). The number of halogens is 3. The van der Waals surface area contributed by atoms with Crippen molar-refractivity contribution in [3.05, 3.63) is 70.0 Å². The van der Waals surface area contributed by atoms with Gasteiger partial charge in [-0.3, -0.25) is 4.79 Å². The number of anilines is 2. The fourth-order valence-electron chi connectivity index (χ4n) is 6.25. The van der Waals surface area contributed by atoms with Gasteiger partial charge in [0.15, 0.2) is 11.0 Å². The lowest BCUT2D eigenvalue weighted by molar-refractivity contribution is -0.137. The van der Waals surface area contributed by atoms with E-state index in [0.717, 1.165) is 50.4 Å². The van der Waals surface area contributed by atoms with E-state index in [9.17, 15) is 27.9 Å². The van der Waals surface area contributed by atoms with Gasteiger partial charge in [-0.05, 0) is 75.8 Å². The second-order valence-corrected chi connectivity index (χ2v) is 11.2. The third-order valence-electron chi connectivity index (χ3n) is 8.38. The van der Waals surface area contributed by atoms with E-state index in [1.807, 2.05) is 0 Å². The smallest absolute Gasteiger partial charge is 0.418 e. The van der Waals surface area contributed by atoms with Gasteiger partial charge >= 0.3 is 12.1 Å². The van der Waals surface area contributed by atoms with E-state index >= 15 is 0 Å². The maximum absolute atomic E-state index is 14.3. The number of carboxylic acid groups (broad SMARTS) is 1. The van der Waals surface area contributed by atoms with Crippen LogP contribution in [0.15, 0.2) is 57.9 Å². The Kier molecular flexibility index (Phi) is 6.98. The number of hydrogen-bond acceptors (Lipinski definition) is 6. The standard InChI is InChI=1S/C31H31F3N4O4/c1-18-6-5-7-19(2)38(18)30-35-24-10-9-21(15-28(24)42-30)37-17-22(29(40)41)27(39)16-26(37)20-8-11-25(36-12-3-4-13-36)23(14-20)31(32,33)34/h8-11,14-19H,3-7,12-13H2,1-2H3,(H,40,41)/t18-,19+. The summed E-state index contributed by atoms with van der Waals surface area (Å²) in [5.74, 6) is -1.43. The van der Waals surface area contributed by atoms with Crippen molar-refractivity contribution >= 4 is 28.8 Å². The minimum Gasteiger partial charge on any atom is -0.477 e. The number of rotatable bonds is 5. The van der Waals surface area contributed by atoms with Crippen molar-refractivity contribution in [1.82, 2.24) is 9.55 Å². The normalized spacial score (nSPS) is 19.5. The Morgan fingerprint density at radius 2 is 1.71 bits per heavy atom. The lowest BCUT2D eigenvalue weighted by Gasteiger charge is -2.37. The summed E-state index contributed by atoms with van der Waals surface area (Å²) in [6, 6.07) is 11.1. The molecule has 0 amide bonds. The summed E-state index contributed by atoms with van der Waals surface area (Å²) in [4.78, 5) is 33.2. The number of pyridine rings is 1. The van der Waals surface area contributed by atoms with E-state index in [0.29, 0.717) is 35.9 Å². The van der Waals surface area contributed by atoms with E-state index in [1.165, 1.54) is 10.6 Å². The predicted octanol–water partition coefficient (Wildman–Crippen LogP) is 6.73. The molecule has 1 N–H and O–H groups in total. The fraction of sp³-hybridized carbons (Fsp3) is 0.387. The highest BCUT2D eigenvalue weighted by Crippen LogP contribution is 2.40. The van der Waals surface area contributed by atoms with Gasteiger partial charge in [-0.25, -0.2) is 4.79 Å². The van der Waals surface area contributed by atoms with Gasteiger partial charge in [0.05, 0.1) is 11.3 Å². The summed E-state index contributed by atoms with van der Waals surface area (Å²) < 4.78 is 50.4. The number of carbonyl (C=O) groups is 1. The maximum Gasteiger partial charge on any atom is 0.418 e. The third kappa shape index (κ3) is 5.01. The van der Waals surface area contributed by atoms with Gasteiger partial charge in [0, 0.05) is 54.9 Å². The van der Waals surface area contributed by atoms with E-state index in [2.05, 4.69) is 23.7 Å². The van der Waals surface area contributed by atoms with Gasteiger partial charge in [0.2, 0.25) is 0 Å². The average Bonchev–Trinajstić information content (AvgIpc) is 3.62. The number of hydrogen-bond donors (Lipinski definition) is 1. The number of piperidine rings is 1. The molecule has 42 heavy (non-hydrogen) atoms. The molecule has 0 radical (unpaired) electrons. The summed E-state index contributed by atoms with van der Waals surface area (Å²) in [6.45, 7) is 5.32. The van der Waals surface area contributed by atoms with E-state index in [-0.39, 0.29) is 29.0 Å². The molecule has 2 aliphatic rings. The highest BCUT2D eigenvalue weighted by Gasteiger charge is 2.36. The predicted molar refractivity (Wildman–Crippen MR) is 154 cm³/mol. The number of fused-ring (bicyclic) bond motifs is 1. The quantitative estimate of drug-likeness (QED) is 0.280. The Bertz CT molecular complexity index is 1710. The number of benzene rings is 2. The van der Waals surface area contributed by atoms with Crippen LogP contribution in [0, 0.1) is 0 Å². The first-order valence-corrected chi connectivity index (χ1v) is 14.2. The molecule has 2 aliphatic heterocycles. The molecule has 8 nitrogen and oxygen atoms in total. The Hall–Kier alpha value is -4.28. The molecule has 220 valence electrons. The van der Waals surface area contributed by atoms with Crippen LogP contribution in [0.2, 0.25) is 0 Å². The number of carboxylic acids is 1. The molecular formula is C31H31F3N4O4. The lowest BCUT2D eigenvalue weighted by Crippen LogP contribution is -2.44. The van der Waals surface area contributed by atoms with Crippen molar-refractivity contribution in [3.63, 3.8) is 0 Å². The Labute approximate surface area is 240 Å².